The third kappa shape index (κ3) is 54.4. The molecule has 0 bridgehead atoms. The molecule has 1 heterocycles. The van der Waals surface area contributed by atoms with E-state index in [0.717, 1.165) is 38.5 Å². The van der Waals surface area contributed by atoms with E-state index in [1.165, 1.54) is 347 Å². The number of unbranched alkanes of at least 4 members (excludes halogenated alkanes) is 57. The minimum Gasteiger partial charge on any atom is -0.394 e. The summed E-state index contributed by atoms with van der Waals surface area (Å²) in [5.74, 6) is -0.168. The number of carbonyl (C=O) groups is 1. The van der Waals surface area contributed by atoms with Gasteiger partial charge in [0.1, 0.15) is 24.4 Å². The van der Waals surface area contributed by atoms with Gasteiger partial charge in [0.15, 0.2) is 6.29 Å². The lowest BCUT2D eigenvalue weighted by Crippen LogP contribution is -2.60. The molecule has 1 aliphatic rings. The highest BCUT2D eigenvalue weighted by molar-refractivity contribution is 5.76. The Kier molecular flexibility index (Phi) is 64.0. The predicted octanol–water partition coefficient (Wildman–Crippen LogP) is 21.6. The van der Waals surface area contributed by atoms with Gasteiger partial charge in [0, 0.05) is 6.42 Å². The molecule has 1 rings (SSSR count). The molecule has 9 nitrogen and oxygen atoms in total. The van der Waals surface area contributed by atoms with Crippen LogP contribution in [0.15, 0.2) is 24.3 Å². The highest BCUT2D eigenvalue weighted by Gasteiger charge is 2.44. The van der Waals surface area contributed by atoms with Gasteiger partial charge in [0.05, 0.1) is 25.4 Å². The van der Waals surface area contributed by atoms with Crippen LogP contribution in [-0.4, -0.2) is 87.5 Å². The van der Waals surface area contributed by atoms with Gasteiger partial charge >= 0.3 is 0 Å². The largest absolute Gasteiger partial charge is 0.394 e. The van der Waals surface area contributed by atoms with Gasteiger partial charge in [0.2, 0.25) is 5.91 Å². The summed E-state index contributed by atoms with van der Waals surface area (Å²) in [6, 6.07) is -0.804. The van der Waals surface area contributed by atoms with Crippen LogP contribution < -0.4 is 5.32 Å². The highest BCUT2D eigenvalue weighted by atomic mass is 16.7. The monoisotopic (exact) mass is 1220 g/mol. The van der Waals surface area contributed by atoms with Gasteiger partial charge in [0.25, 0.3) is 0 Å². The zero-order valence-corrected chi connectivity index (χ0v) is 57.4. The molecule has 7 unspecified atom stereocenters. The van der Waals surface area contributed by atoms with Crippen molar-refractivity contribution in [1.82, 2.24) is 5.32 Å². The van der Waals surface area contributed by atoms with Crippen LogP contribution in [0.1, 0.15) is 406 Å². The molecule has 1 fully saturated rings. The number of nitrogens with one attached hydrogen (secondary N) is 1. The average molecular weight is 1220 g/mol. The summed E-state index contributed by atoms with van der Waals surface area (Å²) in [6.07, 6.45) is 81.8. The van der Waals surface area contributed by atoms with Gasteiger partial charge < -0.3 is 40.3 Å². The highest BCUT2D eigenvalue weighted by Crippen LogP contribution is 2.24. The molecule has 9 heteroatoms. The zero-order chi connectivity index (χ0) is 62.1. The lowest BCUT2D eigenvalue weighted by Gasteiger charge is -2.40. The van der Waals surface area contributed by atoms with Gasteiger partial charge in [-0.3, -0.25) is 4.79 Å². The maximum Gasteiger partial charge on any atom is 0.220 e. The number of aliphatic hydroxyl groups excluding tert-OH is 5. The van der Waals surface area contributed by atoms with Crippen LogP contribution >= 0.6 is 0 Å². The van der Waals surface area contributed by atoms with Crippen LogP contribution in [0.25, 0.3) is 0 Å². The molecule has 0 aromatic carbocycles. The maximum absolute atomic E-state index is 13.2. The van der Waals surface area contributed by atoms with Gasteiger partial charge in [-0.05, 0) is 44.9 Å². The maximum atomic E-state index is 13.2. The molecule has 0 spiro atoms. The van der Waals surface area contributed by atoms with Crippen LogP contribution in [0.2, 0.25) is 0 Å². The number of rotatable bonds is 69. The van der Waals surface area contributed by atoms with Crippen molar-refractivity contribution in [2.45, 2.75) is 448 Å². The fraction of sp³-hybridized carbons (Fsp3) is 0.935. The smallest absolute Gasteiger partial charge is 0.220 e. The summed E-state index contributed by atoms with van der Waals surface area (Å²) in [7, 11) is 0. The first-order valence-corrected chi connectivity index (χ1v) is 38.6. The van der Waals surface area contributed by atoms with E-state index in [2.05, 4.69) is 31.3 Å². The van der Waals surface area contributed by atoms with Crippen LogP contribution in [0, 0.1) is 0 Å². The van der Waals surface area contributed by atoms with Crippen LogP contribution in [-0.2, 0) is 14.3 Å². The molecule has 6 N–H and O–H groups in total. The number of hydrogen-bond donors (Lipinski definition) is 6. The van der Waals surface area contributed by atoms with E-state index in [-0.39, 0.29) is 12.5 Å². The van der Waals surface area contributed by atoms with Crippen molar-refractivity contribution in [2.75, 3.05) is 13.2 Å². The fourth-order valence-electron chi connectivity index (χ4n) is 12.7. The first-order chi connectivity index (χ1) is 42.3. The molecular weight excluding hydrogens is 1070 g/mol. The van der Waals surface area contributed by atoms with E-state index in [9.17, 15) is 30.3 Å². The van der Waals surface area contributed by atoms with Crippen molar-refractivity contribution in [3.8, 4) is 0 Å². The second-order valence-electron chi connectivity index (χ2n) is 27.2. The van der Waals surface area contributed by atoms with Crippen molar-refractivity contribution in [2.24, 2.45) is 0 Å². The van der Waals surface area contributed by atoms with Crippen molar-refractivity contribution in [3.63, 3.8) is 0 Å². The van der Waals surface area contributed by atoms with Crippen molar-refractivity contribution in [1.29, 1.82) is 0 Å². The van der Waals surface area contributed by atoms with Crippen LogP contribution in [0.4, 0.5) is 0 Å². The van der Waals surface area contributed by atoms with Crippen molar-refractivity contribution >= 4 is 5.91 Å². The molecule has 1 saturated heterocycles. The third-order valence-electron chi connectivity index (χ3n) is 18.8. The first kappa shape index (κ1) is 82.7. The zero-order valence-electron chi connectivity index (χ0n) is 57.4. The van der Waals surface area contributed by atoms with Crippen molar-refractivity contribution < 1.29 is 39.8 Å². The SMILES string of the molecule is CCCCCCCCCCCCCCCCCCCC/C=C\CCCCCCCCCCCCCCCCCCCC(=O)NC(COC1OC(CO)C(O)C(O)C1O)C(O)/C=C/CCCCCCCCCCCCCCCCCCCCCCCC. The van der Waals surface area contributed by atoms with E-state index in [1.807, 2.05) is 6.08 Å². The molecule has 0 aromatic rings. The second-order valence-corrected chi connectivity index (χ2v) is 27.2. The third-order valence-corrected chi connectivity index (χ3v) is 18.8. The van der Waals surface area contributed by atoms with Gasteiger partial charge in [-0.1, -0.05) is 378 Å². The topological polar surface area (TPSA) is 149 Å². The summed E-state index contributed by atoms with van der Waals surface area (Å²) in [4.78, 5) is 13.2. The van der Waals surface area contributed by atoms with E-state index < -0.39 is 49.5 Å². The molecule has 1 aliphatic heterocycles. The normalized spacial score (nSPS) is 18.1. The summed E-state index contributed by atoms with van der Waals surface area (Å²) in [5, 5.41) is 54.8. The Labute approximate surface area is 534 Å². The molecule has 7 atom stereocenters. The first-order valence-electron chi connectivity index (χ1n) is 38.6. The average Bonchev–Trinajstić information content (AvgIpc) is 3.55. The second kappa shape index (κ2) is 66.6. The van der Waals surface area contributed by atoms with Crippen molar-refractivity contribution in [3.05, 3.63) is 24.3 Å². The number of allylic oxidation sites excluding steroid dienone is 3. The summed E-state index contributed by atoms with van der Waals surface area (Å²) < 4.78 is 11.3. The fourth-order valence-corrected chi connectivity index (χ4v) is 12.7. The molecule has 1 amide bonds. The number of ether oxygens (including phenoxy) is 2. The number of amides is 1. The molecule has 0 radical (unpaired) electrons. The van der Waals surface area contributed by atoms with Gasteiger partial charge in [-0.25, -0.2) is 0 Å². The summed E-state index contributed by atoms with van der Waals surface area (Å²) in [5.41, 5.74) is 0. The number of hydrogen-bond acceptors (Lipinski definition) is 8. The Morgan fingerprint density at radius 3 is 0.942 bits per heavy atom. The van der Waals surface area contributed by atoms with E-state index in [4.69, 9.17) is 9.47 Å². The molecule has 510 valence electrons. The summed E-state index contributed by atoms with van der Waals surface area (Å²) >= 11 is 0. The molecular formula is C77H149NO8. The minimum absolute atomic E-state index is 0.168. The van der Waals surface area contributed by atoms with Crippen LogP contribution in [0.5, 0.6) is 0 Å². The molecule has 86 heavy (non-hydrogen) atoms. The predicted molar refractivity (Wildman–Crippen MR) is 369 cm³/mol. The Bertz CT molecular complexity index is 1410. The number of aliphatic hydroxyl groups is 5. The molecule has 0 aliphatic carbocycles. The Hall–Kier alpha value is -1.33. The lowest BCUT2D eigenvalue weighted by atomic mass is 9.99. The summed E-state index contributed by atoms with van der Waals surface area (Å²) in [6.45, 7) is 3.85. The van der Waals surface area contributed by atoms with E-state index in [1.54, 1.807) is 6.08 Å². The van der Waals surface area contributed by atoms with Gasteiger partial charge in [-0.15, -0.1) is 0 Å². The molecule has 0 saturated carbocycles. The Morgan fingerprint density at radius 2 is 0.651 bits per heavy atom. The Morgan fingerprint density at radius 1 is 0.384 bits per heavy atom. The number of carbonyl (C=O) groups excluding carboxylic acids is 1. The van der Waals surface area contributed by atoms with Crippen LogP contribution in [0.3, 0.4) is 0 Å². The van der Waals surface area contributed by atoms with Gasteiger partial charge in [-0.2, -0.15) is 0 Å². The standard InChI is InChI=1S/C77H149NO8/c1-3-5-7-9-11-13-15-17-19-21-23-25-27-29-30-31-32-33-34-35-36-37-38-39-40-41-42-43-45-47-49-51-53-55-57-59-61-63-65-67-73(81)78-70(69-85-77-76(84)75(83)74(82)72(68-79)86-77)71(80)66-64-62-60-58-56-54-52-50-48-46-44-28-26-24-22-20-18-16-14-12-10-8-6-4-2/h35-36,64,66,70-72,74-77,79-80,82-84H,3-34,37-63,65,67-69H2,1-2H3,(H,78,81)/b36-35-,66-64+. The quantitative estimate of drug-likeness (QED) is 0.0261. The Balaban J connectivity index is 2.05. The lowest BCUT2D eigenvalue weighted by molar-refractivity contribution is -0.302. The minimum atomic E-state index is -1.57. The van der Waals surface area contributed by atoms with E-state index in [0.29, 0.717) is 6.42 Å². The molecule has 0 aromatic heterocycles. The van der Waals surface area contributed by atoms with E-state index >= 15 is 0 Å².